The number of aliphatic hydroxyl groups is 2. The smallest absolute Gasteiger partial charge is 0.0569 e. The van der Waals surface area contributed by atoms with Crippen LogP contribution < -0.4 is 0 Å². The van der Waals surface area contributed by atoms with Crippen molar-refractivity contribution in [3.63, 3.8) is 0 Å². The van der Waals surface area contributed by atoms with E-state index >= 15 is 0 Å². The molecule has 2 atom stereocenters. The number of thioether (sulfide) groups is 3. The molecular weight excluding hydrogens is 445 g/mol. The minimum atomic E-state index is -0.259. The fourth-order valence-corrected chi connectivity index (χ4v) is 6.34. The molecule has 0 rings (SSSR count). The molecule has 0 aromatic heterocycles. The van der Waals surface area contributed by atoms with Gasteiger partial charge in [0.25, 0.3) is 0 Å². The Hall–Kier alpha value is 2.72. The monoisotopic (exact) mass is 474 g/mol. The van der Waals surface area contributed by atoms with Gasteiger partial charge in [-0.3, -0.25) is 0 Å². The standard InChI is InChI=1S/C10H22S7.C3H8O2S/c11-1-3-16-9(5-13)7-15-8-10(6-14)17-4-2-12;4-1-3(6)2-5/h9-14H,1-8H2;3-6H,1-2H2. The van der Waals surface area contributed by atoms with E-state index < -0.39 is 0 Å². The Bertz CT molecular complexity index is 206. The first-order chi connectivity index (χ1) is 11.1. The topological polar surface area (TPSA) is 40.5 Å². The van der Waals surface area contributed by atoms with E-state index in [0.717, 1.165) is 34.5 Å². The van der Waals surface area contributed by atoms with E-state index in [4.69, 9.17) is 10.2 Å². The lowest BCUT2D eigenvalue weighted by Gasteiger charge is -2.16. The number of aliphatic hydroxyl groups excluding tert-OH is 2. The van der Waals surface area contributed by atoms with Gasteiger partial charge in [-0.2, -0.15) is 98.4 Å². The summed E-state index contributed by atoms with van der Waals surface area (Å²) in [5.41, 5.74) is 0. The van der Waals surface area contributed by atoms with Crippen molar-refractivity contribution < 1.29 is 10.2 Å². The van der Waals surface area contributed by atoms with Crippen molar-refractivity contribution in [3.05, 3.63) is 0 Å². The van der Waals surface area contributed by atoms with Crippen LogP contribution in [0, 0.1) is 0 Å². The Morgan fingerprint density at radius 3 is 1.35 bits per heavy atom. The molecule has 0 radical (unpaired) electrons. The number of hydrogen-bond acceptors (Lipinski definition) is 10. The van der Waals surface area contributed by atoms with E-state index in [1.807, 2.05) is 35.3 Å². The van der Waals surface area contributed by atoms with Gasteiger partial charge in [-0.1, -0.05) is 0 Å². The summed E-state index contributed by atoms with van der Waals surface area (Å²) in [6.07, 6.45) is 0. The molecule has 0 aliphatic carbocycles. The number of thiol groups is 5. The van der Waals surface area contributed by atoms with Crippen LogP contribution in [0.1, 0.15) is 0 Å². The molecule has 0 aromatic rings. The van der Waals surface area contributed by atoms with Gasteiger partial charge < -0.3 is 10.2 Å². The van der Waals surface area contributed by atoms with Gasteiger partial charge in [0.15, 0.2) is 0 Å². The first-order valence-electron chi connectivity index (χ1n) is 7.23. The second kappa shape index (κ2) is 22.8. The van der Waals surface area contributed by atoms with Crippen LogP contribution in [0.25, 0.3) is 0 Å². The molecule has 0 aromatic carbocycles. The summed E-state index contributed by atoms with van der Waals surface area (Å²) in [6.45, 7) is -0.112. The SMILES string of the molecule is OCC(S)CO.SCCSC(CS)CSCC(CS)SCCS. The Morgan fingerprint density at radius 2 is 1.13 bits per heavy atom. The predicted molar refractivity (Wildman–Crippen MR) is 132 cm³/mol. The van der Waals surface area contributed by atoms with Crippen LogP contribution in [0.15, 0.2) is 0 Å². The third-order valence-corrected chi connectivity index (χ3v) is 9.27. The molecule has 0 spiro atoms. The van der Waals surface area contributed by atoms with Crippen molar-refractivity contribution in [2.75, 3.05) is 59.2 Å². The predicted octanol–water partition coefficient (Wildman–Crippen LogP) is 2.91. The van der Waals surface area contributed by atoms with E-state index in [0.29, 0.717) is 10.5 Å². The second-order valence-electron chi connectivity index (χ2n) is 4.35. The zero-order chi connectivity index (χ0) is 17.9. The first kappa shape index (κ1) is 27.9. The van der Waals surface area contributed by atoms with Gasteiger partial charge in [0, 0.05) is 50.3 Å². The maximum absolute atomic E-state index is 8.10. The third-order valence-electron chi connectivity index (χ3n) is 2.33. The molecule has 10 heteroatoms. The normalized spacial score (nSPS) is 13.6. The van der Waals surface area contributed by atoms with Gasteiger partial charge in [-0.25, -0.2) is 0 Å². The second-order valence-corrected chi connectivity index (χ2v) is 10.6. The van der Waals surface area contributed by atoms with Crippen LogP contribution >= 0.6 is 98.4 Å². The summed E-state index contributed by atoms with van der Waals surface area (Å²) >= 11 is 27.0. The molecule has 0 saturated carbocycles. The van der Waals surface area contributed by atoms with Gasteiger partial charge in [0.1, 0.15) is 0 Å². The Balaban J connectivity index is 0. The van der Waals surface area contributed by atoms with Gasteiger partial charge in [0.05, 0.1) is 13.2 Å². The Labute approximate surface area is 182 Å². The molecular formula is C13H30O2S8. The highest BCUT2D eigenvalue weighted by Gasteiger charge is 2.10. The summed E-state index contributed by atoms with van der Waals surface area (Å²) in [7, 11) is 0. The van der Waals surface area contributed by atoms with E-state index in [2.05, 4.69) is 63.1 Å². The quantitative estimate of drug-likeness (QED) is 0.197. The molecule has 0 amide bonds. The largest absolute Gasteiger partial charge is 0.395 e. The minimum absolute atomic E-state index is 0.0559. The molecule has 23 heavy (non-hydrogen) atoms. The summed E-state index contributed by atoms with van der Waals surface area (Å²) in [6, 6.07) is 0. The van der Waals surface area contributed by atoms with Crippen molar-refractivity contribution in [2.45, 2.75) is 15.7 Å². The van der Waals surface area contributed by atoms with E-state index in [1.54, 1.807) is 0 Å². The summed E-state index contributed by atoms with van der Waals surface area (Å²) in [5.74, 6) is 8.45. The molecule has 0 aliphatic heterocycles. The molecule has 0 aliphatic rings. The van der Waals surface area contributed by atoms with Crippen LogP contribution in [-0.4, -0.2) is 85.2 Å². The maximum atomic E-state index is 8.10. The van der Waals surface area contributed by atoms with Crippen LogP contribution in [0.4, 0.5) is 0 Å². The molecule has 2 unspecified atom stereocenters. The maximum Gasteiger partial charge on any atom is 0.0569 e. The molecule has 2 N–H and O–H groups in total. The lowest BCUT2D eigenvalue weighted by Crippen LogP contribution is -2.14. The molecule has 0 saturated heterocycles. The van der Waals surface area contributed by atoms with E-state index in [-0.39, 0.29) is 18.5 Å². The van der Waals surface area contributed by atoms with Crippen molar-refractivity contribution >= 4 is 98.4 Å². The van der Waals surface area contributed by atoms with E-state index in [9.17, 15) is 0 Å². The molecule has 0 fully saturated rings. The van der Waals surface area contributed by atoms with E-state index in [1.165, 1.54) is 11.5 Å². The number of rotatable bonds is 14. The van der Waals surface area contributed by atoms with Gasteiger partial charge in [-0.15, -0.1) is 0 Å². The molecule has 2 nitrogen and oxygen atoms in total. The zero-order valence-electron chi connectivity index (χ0n) is 13.2. The highest BCUT2D eigenvalue weighted by molar-refractivity contribution is 8.05. The molecule has 0 bridgehead atoms. The van der Waals surface area contributed by atoms with Gasteiger partial charge >= 0.3 is 0 Å². The average molecular weight is 475 g/mol. The fraction of sp³-hybridized carbons (Fsp3) is 1.00. The van der Waals surface area contributed by atoms with Crippen molar-refractivity contribution in [1.82, 2.24) is 0 Å². The fourth-order valence-electron chi connectivity index (χ4n) is 1.13. The Kier molecular flexibility index (Phi) is 27.6. The highest BCUT2D eigenvalue weighted by Crippen LogP contribution is 2.22. The summed E-state index contributed by atoms with van der Waals surface area (Å²) in [5, 5.41) is 17.3. The van der Waals surface area contributed by atoms with Crippen LogP contribution in [0.5, 0.6) is 0 Å². The average Bonchev–Trinajstić information content (AvgIpc) is 2.60. The van der Waals surface area contributed by atoms with Gasteiger partial charge in [0.2, 0.25) is 0 Å². The van der Waals surface area contributed by atoms with Crippen LogP contribution in [0.3, 0.4) is 0 Å². The third kappa shape index (κ3) is 20.9. The zero-order valence-corrected chi connectivity index (χ0v) is 20.1. The van der Waals surface area contributed by atoms with Crippen molar-refractivity contribution in [1.29, 1.82) is 0 Å². The first-order valence-corrected chi connectivity index (χ1v) is 13.5. The highest BCUT2D eigenvalue weighted by atomic mass is 32.2. The van der Waals surface area contributed by atoms with Crippen molar-refractivity contribution in [2.24, 2.45) is 0 Å². The minimum Gasteiger partial charge on any atom is -0.395 e. The lowest BCUT2D eigenvalue weighted by atomic mass is 10.5. The lowest BCUT2D eigenvalue weighted by molar-refractivity contribution is 0.229. The van der Waals surface area contributed by atoms with Gasteiger partial charge in [-0.05, 0) is 11.5 Å². The van der Waals surface area contributed by atoms with Crippen molar-refractivity contribution in [3.8, 4) is 0 Å². The van der Waals surface area contributed by atoms with Crippen LogP contribution in [0.2, 0.25) is 0 Å². The Morgan fingerprint density at radius 1 is 0.739 bits per heavy atom. The van der Waals surface area contributed by atoms with Crippen LogP contribution in [-0.2, 0) is 0 Å². The summed E-state index contributed by atoms with van der Waals surface area (Å²) < 4.78 is 0. The summed E-state index contributed by atoms with van der Waals surface area (Å²) in [4.78, 5) is 0. The number of hydrogen-bond donors (Lipinski definition) is 7. The molecule has 142 valence electrons. The molecule has 0 heterocycles.